The number of ether oxygens (including phenoxy) is 6. The normalized spacial score (nSPS) is 11.2. The van der Waals surface area contributed by atoms with Gasteiger partial charge in [0, 0.05) is 22.2 Å². The van der Waals surface area contributed by atoms with Crippen LogP contribution in [0.1, 0.15) is 6.92 Å². The standard InChI is InChI=1S/C20H34O6S2/c1-2-21-7-8-22-9-10-23-11-12-24-13-14-25-15-16-26-17-18-28-20-5-3-19(27)4-6-20/h3-6,27H,2,7-18H2,1H3. The first-order chi connectivity index (χ1) is 13.8. The van der Waals surface area contributed by atoms with Gasteiger partial charge in [0.05, 0.1) is 72.7 Å². The minimum atomic E-state index is 0.560. The summed E-state index contributed by atoms with van der Waals surface area (Å²) in [6.07, 6.45) is 0. The van der Waals surface area contributed by atoms with Crippen molar-refractivity contribution in [3.05, 3.63) is 24.3 Å². The third-order valence-corrected chi connectivity index (χ3v) is 4.67. The molecule has 28 heavy (non-hydrogen) atoms. The van der Waals surface area contributed by atoms with Gasteiger partial charge in [0.25, 0.3) is 0 Å². The Bertz CT molecular complexity index is 447. The molecule has 0 bridgehead atoms. The fraction of sp³-hybridized carbons (Fsp3) is 0.700. The van der Waals surface area contributed by atoms with Crippen molar-refractivity contribution in [1.29, 1.82) is 0 Å². The van der Waals surface area contributed by atoms with Crippen LogP contribution in [-0.2, 0) is 28.4 Å². The average Bonchev–Trinajstić information content (AvgIpc) is 2.71. The van der Waals surface area contributed by atoms with Crippen molar-refractivity contribution in [3.63, 3.8) is 0 Å². The molecule has 0 amide bonds. The van der Waals surface area contributed by atoms with Gasteiger partial charge in [-0.05, 0) is 31.2 Å². The van der Waals surface area contributed by atoms with Gasteiger partial charge < -0.3 is 28.4 Å². The molecule has 0 aliphatic heterocycles. The summed E-state index contributed by atoms with van der Waals surface area (Å²) in [6.45, 7) is 9.22. The lowest BCUT2D eigenvalue weighted by Crippen LogP contribution is -2.14. The lowest BCUT2D eigenvalue weighted by molar-refractivity contribution is -0.0155. The number of hydrogen-bond donors (Lipinski definition) is 1. The van der Waals surface area contributed by atoms with E-state index in [0.29, 0.717) is 72.7 Å². The van der Waals surface area contributed by atoms with Crippen LogP contribution < -0.4 is 0 Å². The predicted octanol–water partition coefficient (Wildman–Crippen LogP) is 3.19. The Morgan fingerprint density at radius 2 is 1.00 bits per heavy atom. The van der Waals surface area contributed by atoms with E-state index in [1.54, 1.807) is 11.8 Å². The van der Waals surface area contributed by atoms with Crippen molar-refractivity contribution in [2.45, 2.75) is 16.7 Å². The second-order valence-electron chi connectivity index (χ2n) is 5.60. The van der Waals surface area contributed by atoms with Crippen LogP contribution in [0.25, 0.3) is 0 Å². The van der Waals surface area contributed by atoms with Crippen molar-refractivity contribution in [2.75, 3.05) is 85.0 Å². The zero-order valence-corrected chi connectivity index (χ0v) is 18.5. The molecule has 0 spiro atoms. The number of hydrogen-bond acceptors (Lipinski definition) is 8. The first kappa shape index (κ1) is 25.7. The van der Waals surface area contributed by atoms with Crippen molar-refractivity contribution < 1.29 is 28.4 Å². The first-order valence-corrected chi connectivity index (χ1v) is 11.1. The van der Waals surface area contributed by atoms with Crippen LogP contribution in [0.2, 0.25) is 0 Å². The van der Waals surface area contributed by atoms with Crippen LogP contribution >= 0.6 is 24.4 Å². The van der Waals surface area contributed by atoms with Crippen LogP contribution in [0, 0.1) is 0 Å². The number of rotatable bonds is 20. The molecule has 0 radical (unpaired) electrons. The maximum Gasteiger partial charge on any atom is 0.0701 e. The zero-order valence-electron chi connectivity index (χ0n) is 16.8. The second-order valence-corrected chi connectivity index (χ2v) is 7.29. The van der Waals surface area contributed by atoms with Gasteiger partial charge in [-0.2, -0.15) is 0 Å². The molecule has 0 atom stereocenters. The summed E-state index contributed by atoms with van der Waals surface area (Å²) < 4.78 is 32.4. The molecule has 8 heteroatoms. The van der Waals surface area contributed by atoms with Gasteiger partial charge in [0.15, 0.2) is 0 Å². The smallest absolute Gasteiger partial charge is 0.0701 e. The molecule has 1 aromatic carbocycles. The number of thioether (sulfide) groups is 1. The third kappa shape index (κ3) is 16.6. The fourth-order valence-corrected chi connectivity index (χ4v) is 2.92. The second kappa shape index (κ2) is 20.0. The molecule has 0 aliphatic carbocycles. The minimum absolute atomic E-state index is 0.560. The van der Waals surface area contributed by atoms with E-state index in [9.17, 15) is 0 Å². The summed E-state index contributed by atoms with van der Waals surface area (Å²) in [5.41, 5.74) is 0. The Kier molecular flexibility index (Phi) is 18.3. The molecule has 0 heterocycles. The van der Waals surface area contributed by atoms with Gasteiger partial charge in [-0.3, -0.25) is 0 Å². The summed E-state index contributed by atoms with van der Waals surface area (Å²) in [5, 5.41) is 0. The Morgan fingerprint density at radius 1 is 0.607 bits per heavy atom. The maximum absolute atomic E-state index is 5.55. The lowest BCUT2D eigenvalue weighted by atomic mass is 10.4. The summed E-state index contributed by atoms with van der Waals surface area (Å²) in [5.74, 6) is 0.923. The molecule has 0 aromatic heterocycles. The molecule has 0 N–H and O–H groups in total. The van der Waals surface area contributed by atoms with E-state index in [4.69, 9.17) is 28.4 Å². The quantitative estimate of drug-likeness (QED) is 0.192. The monoisotopic (exact) mass is 434 g/mol. The lowest BCUT2D eigenvalue weighted by Gasteiger charge is -2.08. The van der Waals surface area contributed by atoms with Crippen LogP contribution in [0.5, 0.6) is 0 Å². The molecule has 1 aromatic rings. The molecule has 0 fully saturated rings. The summed E-state index contributed by atoms with van der Waals surface area (Å²) in [7, 11) is 0. The van der Waals surface area contributed by atoms with E-state index in [0.717, 1.165) is 17.3 Å². The van der Waals surface area contributed by atoms with Crippen molar-refractivity contribution >= 4 is 24.4 Å². The molecule has 6 nitrogen and oxygen atoms in total. The van der Waals surface area contributed by atoms with E-state index in [1.165, 1.54) is 4.90 Å². The molecular weight excluding hydrogens is 400 g/mol. The van der Waals surface area contributed by atoms with Gasteiger partial charge in [0.1, 0.15) is 0 Å². The van der Waals surface area contributed by atoms with Gasteiger partial charge in [0.2, 0.25) is 0 Å². The van der Waals surface area contributed by atoms with Gasteiger partial charge in [-0.15, -0.1) is 24.4 Å². The van der Waals surface area contributed by atoms with Crippen molar-refractivity contribution in [3.8, 4) is 0 Å². The molecule has 0 saturated heterocycles. The highest BCUT2D eigenvalue weighted by Crippen LogP contribution is 2.19. The number of thiol groups is 1. The molecule has 0 saturated carbocycles. The summed E-state index contributed by atoms with van der Waals surface area (Å²) in [4.78, 5) is 2.21. The van der Waals surface area contributed by atoms with Crippen LogP contribution in [0.3, 0.4) is 0 Å². The molecule has 0 unspecified atom stereocenters. The van der Waals surface area contributed by atoms with Gasteiger partial charge >= 0.3 is 0 Å². The first-order valence-electron chi connectivity index (χ1n) is 9.71. The van der Waals surface area contributed by atoms with Gasteiger partial charge in [-0.25, -0.2) is 0 Å². The van der Waals surface area contributed by atoms with Crippen LogP contribution in [-0.4, -0.2) is 85.0 Å². The van der Waals surface area contributed by atoms with Gasteiger partial charge in [-0.1, -0.05) is 0 Å². The molecule has 0 aliphatic rings. The SMILES string of the molecule is CCOCCOCCOCCOCCOCCOCCSc1ccc(S)cc1. The Morgan fingerprint density at radius 3 is 1.43 bits per heavy atom. The zero-order chi connectivity index (χ0) is 20.1. The average molecular weight is 435 g/mol. The van der Waals surface area contributed by atoms with Crippen molar-refractivity contribution in [1.82, 2.24) is 0 Å². The summed E-state index contributed by atoms with van der Waals surface area (Å²) in [6, 6.07) is 8.13. The third-order valence-electron chi connectivity index (χ3n) is 3.40. The molecular formula is C20H34O6S2. The summed E-state index contributed by atoms with van der Waals surface area (Å²) >= 11 is 6.05. The molecule has 162 valence electrons. The van der Waals surface area contributed by atoms with E-state index in [1.807, 2.05) is 19.1 Å². The maximum atomic E-state index is 5.55. The highest BCUT2D eigenvalue weighted by Gasteiger charge is 1.96. The molecule has 1 rings (SSSR count). The Labute approximate surface area is 179 Å². The highest BCUT2D eigenvalue weighted by atomic mass is 32.2. The largest absolute Gasteiger partial charge is 0.379 e. The van der Waals surface area contributed by atoms with Crippen LogP contribution in [0.15, 0.2) is 34.1 Å². The minimum Gasteiger partial charge on any atom is -0.379 e. The number of benzene rings is 1. The van der Waals surface area contributed by atoms with E-state index < -0.39 is 0 Å². The topological polar surface area (TPSA) is 55.4 Å². The van der Waals surface area contributed by atoms with E-state index in [-0.39, 0.29) is 0 Å². The highest BCUT2D eigenvalue weighted by molar-refractivity contribution is 7.99. The fourth-order valence-electron chi connectivity index (χ4n) is 2.00. The van der Waals surface area contributed by atoms with Crippen molar-refractivity contribution in [2.24, 2.45) is 0 Å². The predicted molar refractivity (Wildman–Crippen MR) is 115 cm³/mol. The van der Waals surface area contributed by atoms with Crippen LogP contribution in [0.4, 0.5) is 0 Å². The Hall–Kier alpha value is -0.320. The Balaban J connectivity index is 1.70. The van der Waals surface area contributed by atoms with E-state index in [2.05, 4.69) is 24.8 Å². The van der Waals surface area contributed by atoms with E-state index >= 15 is 0 Å².